The lowest BCUT2D eigenvalue weighted by Gasteiger charge is -2.22. The van der Waals surface area contributed by atoms with Crippen molar-refractivity contribution < 1.29 is 17.9 Å². The zero-order valence-electron chi connectivity index (χ0n) is 19.0. The molecule has 1 amide bonds. The van der Waals surface area contributed by atoms with Gasteiger partial charge in [-0.15, -0.1) is 0 Å². The van der Waals surface area contributed by atoms with Crippen LogP contribution in [-0.2, 0) is 16.6 Å². The molecular weight excluding hydrogens is 442 g/mol. The fourth-order valence-corrected chi connectivity index (χ4v) is 4.90. The highest BCUT2D eigenvalue weighted by molar-refractivity contribution is 7.89. The molecule has 0 spiro atoms. The number of amides is 1. The summed E-state index contributed by atoms with van der Waals surface area (Å²) in [5.74, 6) is -0.145. The number of carbonyl (C=O) groups is 1. The van der Waals surface area contributed by atoms with E-state index in [9.17, 15) is 13.2 Å². The van der Waals surface area contributed by atoms with Crippen LogP contribution < -0.4 is 15.6 Å². The largest absolute Gasteiger partial charge is 0.495 e. The summed E-state index contributed by atoms with van der Waals surface area (Å²) in [6, 6.07) is 15.4. The maximum absolute atomic E-state index is 13.5. The number of benzene rings is 2. The van der Waals surface area contributed by atoms with Crippen LogP contribution in [0.15, 0.2) is 59.5 Å². The van der Waals surface area contributed by atoms with Gasteiger partial charge in [0.25, 0.3) is 5.91 Å². The van der Waals surface area contributed by atoms with Gasteiger partial charge in [0.2, 0.25) is 16.0 Å². The summed E-state index contributed by atoms with van der Waals surface area (Å²) in [6.45, 7) is 5.85. The molecule has 0 saturated carbocycles. The number of hydrogen-bond acceptors (Lipinski definition) is 7. The molecule has 0 fully saturated rings. The quantitative estimate of drug-likeness (QED) is 0.463. The first kappa shape index (κ1) is 24.1. The number of hydrogen-bond donors (Lipinski definition) is 2. The van der Waals surface area contributed by atoms with Crippen LogP contribution in [0, 0.1) is 13.8 Å². The van der Waals surface area contributed by atoms with Gasteiger partial charge in [-0.3, -0.25) is 15.6 Å². The summed E-state index contributed by atoms with van der Waals surface area (Å²) in [5, 5.41) is 0. The van der Waals surface area contributed by atoms with Gasteiger partial charge >= 0.3 is 0 Å². The van der Waals surface area contributed by atoms with E-state index in [1.165, 1.54) is 29.6 Å². The zero-order valence-corrected chi connectivity index (χ0v) is 19.8. The molecule has 0 unspecified atom stereocenters. The van der Waals surface area contributed by atoms with E-state index in [-0.39, 0.29) is 35.2 Å². The number of rotatable bonds is 9. The van der Waals surface area contributed by atoms with Gasteiger partial charge in [-0.25, -0.2) is 18.4 Å². The summed E-state index contributed by atoms with van der Waals surface area (Å²) in [6.07, 6.45) is 0. The number of carbonyl (C=O) groups excluding carboxylic acids is 1. The third kappa shape index (κ3) is 5.85. The van der Waals surface area contributed by atoms with Gasteiger partial charge in [-0.2, -0.15) is 4.31 Å². The number of aryl methyl sites for hydroxylation is 2. The normalized spacial score (nSPS) is 11.3. The molecule has 2 N–H and O–H groups in total. The SMILES string of the molecule is CCN(Cc1ccccc1)S(=O)(=O)c1cc(C(=O)NNc2nc(C)cc(C)n2)ccc1OC. The van der Waals surface area contributed by atoms with E-state index in [4.69, 9.17) is 4.74 Å². The Morgan fingerprint density at radius 2 is 1.70 bits per heavy atom. The Labute approximate surface area is 193 Å². The zero-order chi connectivity index (χ0) is 24.0. The Bertz CT molecular complexity index is 1210. The lowest BCUT2D eigenvalue weighted by atomic mass is 10.2. The van der Waals surface area contributed by atoms with Crippen molar-refractivity contribution in [1.82, 2.24) is 19.7 Å². The standard InChI is InChI=1S/C23H27N5O4S/c1-5-28(15-18-9-7-6-8-10-18)33(30,31)21-14-19(11-12-20(21)32-4)22(29)26-27-23-24-16(2)13-17(3)25-23/h6-14H,5,15H2,1-4H3,(H,26,29)(H,24,25,27). The topological polar surface area (TPSA) is 114 Å². The molecule has 3 rings (SSSR count). The smallest absolute Gasteiger partial charge is 0.269 e. The first-order valence-corrected chi connectivity index (χ1v) is 11.8. The van der Waals surface area contributed by atoms with E-state index in [2.05, 4.69) is 20.8 Å². The molecular formula is C23H27N5O4S. The van der Waals surface area contributed by atoms with Gasteiger partial charge in [0.1, 0.15) is 10.6 Å². The predicted octanol–water partition coefficient (Wildman–Crippen LogP) is 3.07. The Balaban J connectivity index is 1.86. The molecule has 0 bridgehead atoms. The van der Waals surface area contributed by atoms with Gasteiger partial charge in [0.05, 0.1) is 7.11 Å². The molecule has 2 aromatic carbocycles. The number of nitrogens with one attached hydrogen (secondary N) is 2. The third-order valence-corrected chi connectivity index (χ3v) is 6.81. The lowest BCUT2D eigenvalue weighted by molar-refractivity contribution is 0.0962. The number of aromatic nitrogens is 2. The molecule has 10 heteroatoms. The fourth-order valence-electron chi connectivity index (χ4n) is 3.28. The van der Waals surface area contributed by atoms with Crippen LogP contribution in [0.2, 0.25) is 0 Å². The second kappa shape index (κ2) is 10.4. The predicted molar refractivity (Wildman–Crippen MR) is 125 cm³/mol. The second-order valence-electron chi connectivity index (χ2n) is 7.34. The van der Waals surface area contributed by atoms with Crippen LogP contribution in [0.4, 0.5) is 5.95 Å². The maximum atomic E-state index is 13.5. The first-order valence-electron chi connectivity index (χ1n) is 10.4. The van der Waals surface area contributed by atoms with Crippen molar-refractivity contribution in [1.29, 1.82) is 0 Å². The first-order chi connectivity index (χ1) is 15.7. The van der Waals surface area contributed by atoms with Crippen LogP contribution in [0.5, 0.6) is 5.75 Å². The van der Waals surface area contributed by atoms with Crippen molar-refractivity contribution in [3.05, 3.63) is 77.1 Å². The molecule has 33 heavy (non-hydrogen) atoms. The minimum absolute atomic E-state index is 0.0851. The fraction of sp³-hybridized carbons (Fsp3) is 0.261. The summed E-state index contributed by atoms with van der Waals surface area (Å²) in [7, 11) is -2.55. The van der Waals surface area contributed by atoms with E-state index in [1.807, 2.05) is 50.2 Å². The molecule has 1 heterocycles. The van der Waals surface area contributed by atoms with E-state index in [1.54, 1.807) is 6.92 Å². The average molecular weight is 470 g/mol. The maximum Gasteiger partial charge on any atom is 0.269 e. The second-order valence-corrected chi connectivity index (χ2v) is 9.24. The Morgan fingerprint density at radius 3 is 2.30 bits per heavy atom. The minimum Gasteiger partial charge on any atom is -0.495 e. The van der Waals surface area contributed by atoms with Crippen molar-refractivity contribution in [2.75, 3.05) is 19.1 Å². The minimum atomic E-state index is -3.94. The molecule has 174 valence electrons. The van der Waals surface area contributed by atoms with Crippen molar-refractivity contribution in [3.63, 3.8) is 0 Å². The van der Waals surface area contributed by atoms with E-state index in [0.717, 1.165) is 17.0 Å². The van der Waals surface area contributed by atoms with Gasteiger partial charge in [0, 0.05) is 30.0 Å². The van der Waals surface area contributed by atoms with Crippen LogP contribution >= 0.6 is 0 Å². The van der Waals surface area contributed by atoms with Crippen LogP contribution in [0.25, 0.3) is 0 Å². The molecule has 0 radical (unpaired) electrons. The highest BCUT2D eigenvalue weighted by Gasteiger charge is 2.28. The third-order valence-electron chi connectivity index (χ3n) is 4.87. The van der Waals surface area contributed by atoms with Gasteiger partial charge in [-0.1, -0.05) is 37.3 Å². The Hall–Kier alpha value is -3.50. The van der Waals surface area contributed by atoms with E-state index >= 15 is 0 Å². The number of ether oxygens (including phenoxy) is 1. The Morgan fingerprint density at radius 1 is 1.03 bits per heavy atom. The van der Waals surface area contributed by atoms with Gasteiger partial charge < -0.3 is 4.74 Å². The van der Waals surface area contributed by atoms with Gasteiger partial charge in [-0.05, 0) is 43.7 Å². The van der Waals surface area contributed by atoms with Crippen molar-refractivity contribution in [2.24, 2.45) is 0 Å². The molecule has 0 atom stereocenters. The summed E-state index contributed by atoms with van der Waals surface area (Å²) in [4.78, 5) is 21.0. The van der Waals surface area contributed by atoms with E-state index in [0.29, 0.717) is 0 Å². The van der Waals surface area contributed by atoms with Crippen LogP contribution in [-0.4, -0.2) is 42.3 Å². The number of anilines is 1. The monoisotopic (exact) mass is 469 g/mol. The summed E-state index contributed by atoms with van der Waals surface area (Å²) >= 11 is 0. The molecule has 1 aromatic heterocycles. The van der Waals surface area contributed by atoms with Crippen LogP contribution in [0.1, 0.15) is 34.2 Å². The number of methoxy groups -OCH3 is 1. The van der Waals surface area contributed by atoms with Crippen molar-refractivity contribution in [2.45, 2.75) is 32.2 Å². The lowest BCUT2D eigenvalue weighted by Crippen LogP contribution is -2.32. The van der Waals surface area contributed by atoms with Gasteiger partial charge in [0.15, 0.2) is 0 Å². The molecule has 0 aliphatic heterocycles. The molecule has 0 aliphatic rings. The van der Waals surface area contributed by atoms with E-state index < -0.39 is 15.9 Å². The molecule has 9 nitrogen and oxygen atoms in total. The molecule has 0 aliphatic carbocycles. The van der Waals surface area contributed by atoms with Crippen LogP contribution in [0.3, 0.4) is 0 Å². The molecule has 3 aromatic rings. The number of hydrazine groups is 1. The van der Waals surface area contributed by atoms with Crippen molar-refractivity contribution in [3.8, 4) is 5.75 Å². The summed E-state index contributed by atoms with van der Waals surface area (Å²) in [5.41, 5.74) is 7.66. The highest BCUT2D eigenvalue weighted by Crippen LogP contribution is 2.29. The average Bonchev–Trinajstić information content (AvgIpc) is 2.80. The number of nitrogens with zero attached hydrogens (tertiary/aromatic N) is 3. The molecule has 0 saturated heterocycles. The number of sulfonamides is 1. The summed E-state index contributed by atoms with van der Waals surface area (Å²) < 4.78 is 33.5. The van der Waals surface area contributed by atoms with Crippen molar-refractivity contribution >= 4 is 21.9 Å². The highest BCUT2D eigenvalue weighted by atomic mass is 32.2. The Kier molecular flexibility index (Phi) is 7.62.